The Morgan fingerprint density at radius 2 is 2.00 bits per heavy atom. The fourth-order valence-corrected chi connectivity index (χ4v) is 3.85. The van der Waals surface area contributed by atoms with Gasteiger partial charge in [-0.15, -0.1) is 0 Å². The van der Waals surface area contributed by atoms with Gasteiger partial charge in [-0.25, -0.2) is 4.99 Å². The van der Waals surface area contributed by atoms with Gasteiger partial charge in [0.1, 0.15) is 0 Å². The minimum absolute atomic E-state index is 0.124. The van der Waals surface area contributed by atoms with E-state index in [0.29, 0.717) is 21.6 Å². The van der Waals surface area contributed by atoms with Crippen LogP contribution >= 0.6 is 11.8 Å². The van der Waals surface area contributed by atoms with Gasteiger partial charge in [0.25, 0.3) is 11.8 Å². The first-order valence-corrected chi connectivity index (χ1v) is 10.2. The van der Waals surface area contributed by atoms with Crippen molar-refractivity contribution >= 4 is 40.5 Å². The van der Waals surface area contributed by atoms with Crippen LogP contribution in [0, 0.1) is 0 Å². The number of thioether (sulfide) groups is 1. The average Bonchev–Trinajstić information content (AvgIpc) is 3.00. The molecule has 0 aliphatic carbocycles. The lowest BCUT2D eigenvalue weighted by atomic mass is 10.1. The van der Waals surface area contributed by atoms with Gasteiger partial charge in [-0.05, 0) is 53.6 Å². The Morgan fingerprint density at radius 3 is 2.70 bits per heavy atom. The first-order valence-electron chi connectivity index (χ1n) is 9.36. The number of amidine groups is 1. The smallest absolute Gasteiger partial charge is 0.266 e. The van der Waals surface area contributed by atoms with Crippen LogP contribution in [-0.2, 0) is 16.0 Å². The van der Waals surface area contributed by atoms with Crippen molar-refractivity contribution in [3.8, 4) is 11.5 Å². The van der Waals surface area contributed by atoms with Crippen molar-refractivity contribution in [2.45, 2.75) is 13.3 Å². The van der Waals surface area contributed by atoms with Crippen molar-refractivity contribution in [2.75, 3.05) is 20.8 Å². The van der Waals surface area contributed by atoms with Gasteiger partial charge >= 0.3 is 0 Å². The fraction of sp³-hybridized carbons (Fsp3) is 0.227. The van der Waals surface area contributed by atoms with Crippen LogP contribution < -0.4 is 15.2 Å². The number of aliphatic imine (C=N–C) groups is 1. The van der Waals surface area contributed by atoms with Crippen LogP contribution in [0.15, 0.2) is 52.4 Å². The number of carbonyl (C=O) groups excluding carboxylic acids is 2. The van der Waals surface area contributed by atoms with Crippen molar-refractivity contribution in [3.05, 3.63) is 58.5 Å². The van der Waals surface area contributed by atoms with Crippen molar-refractivity contribution in [2.24, 2.45) is 10.7 Å². The van der Waals surface area contributed by atoms with Crippen molar-refractivity contribution in [3.63, 3.8) is 0 Å². The van der Waals surface area contributed by atoms with E-state index in [0.717, 1.165) is 23.2 Å². The van der Waals surface area contributed by atoms with E-state index in [-0.39, 0.29) is 12.5 Å². The molecule has 2 N–H and O–H groups in total. The summed E-state index contributed by atoms with van der Waals surface area (Å²) in [5, 5.41) is 0.625. The number of ether oxygens (including phenoxy) is 2. The maximum absolute atomic E-state index is 12.7. The number of methoxy groups -OCH3 is 1. The molecule has 156 valence electrons. The molecule has 1 fully saturated rings. The molecule has 0 spiro atoms. The number of nitrogens with two attached hydrogens (primary N) is 1. The molecule has 0 saturated carbocycles. The Balaban J connectivity index is 1.86. The molecule has 0 bridgehead atoms. The van der Waals surface area contributed by atoms with Crippen molar-refractivity contribution in [1.29, 1.82) is 0 Å². The maximum Gasteiger partial charge on any atom is 0.266 e. The second-order valence-electron chi connectivity index (χ2n) is 6.52. The second-order valence-corrected chi connectivity index (χ2v) is 7.53. The highest BCUT2D eigenvalue weighted by atomic mass is 32.2. The summed E-state index contributed by atoms with van der Waals surface area (Å²) >= 11 is 1.32. The first-order chi connectivity index (χ1) is 14.4. The van der Waals surface area contributed by atoms with Crippen LogP contribution in [0.4, 0.5) is 5.69 Å². The summed E-state index contributed by atoms with van der Waals surface area (Å²) in [5.41, 5.74) is 7.86. The first kappa shape index (κ1) is 21.4. The molecule has 2 aromatic rings. The van der Waals surface area contributed by atoms with Crippen LogP contribution in [0.25, 0.3) is 6.08 Å². The monoisotopic (exact) mass is 425 g/mol. The van der Waals surface area contributed by atoms with E-state index in [4.69, 9.17) is 20.2 Å². The van der Waals surface area contributed by atoms with Gasteiger partial charge in [0, 0.05) is 7.05 Å². The number of rotatable bonds is 7. The summed E-state index contributed by atoms with van der Waals surface area (Å²) in [6.07, 6.45) is 2.64. The third kappa shape index (κ3) is 4.83. The second kappa shape index (κ2) is 9.49. The number of amides is 2. The molecular formula is C22H23N3O4S. The number of nitrogens with zero attached hydrogens (tertiary/aromatic N) is 2. The molecule has 30 heavy (non-hydrogen) atoms. The maximum atomic E-state index is 12.7. The summed E-state index contributed by atoms with van der Waals surface area (Å²) in [5.74, 6) is 0.149. The lowest BCUT2D eigenvalue weighted by molar-refractivity contribution is -0.121. The lowest BCUT2D eigenvalue weighted by Gasteiger charge is -2.10. The summed E-state index contributed by atoms with van der Waals surface area (Å²) in [4.78, 5) is 30.4. The van der Waals surface area contributed by atoms with Gasteiger partial charge < -0.3 is 15.2 Å². The number of hydrogen-bond donors (Lipinski definition) is 1. The summed E-state index contributed by atoms with van der Waals surface area (Å²) in [6.45, 7) is 1.83. The molecule has 0 unspecified atom stereocenters. The van der Waals surface area contributed by atoms with Gasteiger partial charge in [0.2, 0.25) is 0 Å². The van der Waals surface area contributed by atoms with E-state index in [1.165, 1.54) is 18.9 Å². The van der Waals surface area contributed by atoms with Crippen LogP contribution in [-0.4, -0.2) is 42.6 Å². The van der Waals surface area contributed by atoms with Crippen LogP contribution in [0.1, 0.15) is 18.1 Å². The number of para-hydroxylation sites is 1. The Bertz CT molecular complexity index is 1030. The SMILES string of the molecule is CCc1ccccc1N=C1S/C(=C/c2ccc(OCC(N)=O)c(OC)c2)C(=O)N1C. The van der Waals surface area contributed by atoms with E-state index < -0.39 is 5.91 Å². The summed E-state index contributed by atoms with van der Waals surface area (Å²) in [7, 11) is 3.22. The van der Waals surface area contributed by atoms with E-state index >= 15 is 0 Å². The lowest BCUT2D eigenvalue weighted by Crippen LogP contribution is -2.23. The van der Waals surface area contributed by atoms with Crippen LogP contribution in [0.2, 0.25) is 0 Å². The molecule has 0 radical (unpaired) electrons. The molecule has 2 amide bonds. The van der Waals surface area contributed by atoms with E-state index in [9.17, 15) is 9.59 Å². The summed E-state index contributed by atoms with van der Waals surface area (Å²) in [6, 6.07) is 13.1. The number of hydrogen-bond acceptors (Lipinski definition) is 6. The quantitative estimate of drug-likeness (QED) is 0.687. The average molecular weight is 426 g/mol. The molecule has 1 heterocycles. The Morgan fingerprint density at radius 1 is 1.23 bits per heavy atom. The minimum Gasteiger partial charge on any atom is -0.493 e. The van der Waals surface area contributed by atoms with Gasteiger partial charge in [-0.2, -0.15) is 0 Å². The predicted octanol–water partition coefficient (Wildman–Crippen LogP) is 3.36. The summed E-state index contributed by atoms with van der Waals surface area (Å²) < 4.78 is 10.7. The molecule has 1 saturated heterocycles. The molecular weight excluding hydrogens is 402 g/mol. The molecule has 1 aliphatic heterocycles. The topological polar surface area (TPSA) is 94.2 Å². The highest BCUT2D eigenvalue weighted by Gasteiger charge is 2.30. The number of benzene rings is 2. The van der Waals surface area contributed by atoms with Crippen molar-refractivity contribution < 1.29 is 19.1 Å². The van der Waals surface area contributed by atoms with Gasteiger partial charge in [-0.1, -0.05) is 31.2 Å². The Hall–Kier alpha value is -3.26. The molecule has 8 heteroatoms. The van der Waals surface area contributed by atoms with Gasteiger partial charge in [-0.3, -0.25) is 14.5 Å². The Kier molecular flexibility index (Phi) is 6.79. The highest BCUT2D eigenvalue weighted by Crippen LogP contribution is 2.35. The Labute approximate surface area is 179 Å². The van der Waals surface area contributed by atoms with E-state index in [1.54, 1.807) is 36.2 Å². The third-order valence-corrected chi connectivity index (χ3v) is 5.51. The van der Waals surface area contributed by atoms with Gasteiger partial charge in [0.15, 0.2) is 23.3 Å². The number of aryl methyl sites for hydroxylation is 1. The molecule has 2 aromatic carbocycles. The van der Waals surface area contributed by atoms with E-state index in [2.05, 4.69) is 6.92 Å². The number of likely N-dealkylation sites (N-methyl/N-ethyl adjacent to an activating group) is 1. The zero-order valence-corrected chi connectivity index (χ0v) is 17.9. The van der Waals surface area contributed by atoms with Gasteiger partial charge in [0.05, 0.1) is 17.7 Å². The zero-order chi connectivity index (χ0) is 21.7. The molecule has 3 rings (SSSR count). The standard InChI is InChI=1S/C22H23N3O4S/c1-4-15-7-5-6-8-16(15)24-22-25(2)21(27)19(30-22)12-14-9-10-17(18(11-14)28-3)29-13-20(23)26/h5-12H,4,13H2,1-3H3,(H2,23,26)/b19-12+,24-22?. The highest BCUT2D eigenvalue weighted by molar-refractivity contribution is 8.18. The normalized spacial score (nSPS) is 16.4. The van der Waals surface area contributed by atoms with Crippen molar-refractivity contribution in [1.82, 2.24) is 4.90 Å². The predicted molar refractivity (Wildman–Crippen MR) is 119 cm³/mol. The molecule has 0 atom stereocenters. The van der Waals surface area contributed by atoms with Crippen LogP contribution in [0.5, 0.6) is 11.5 Å². The number of carbonyl (C=O) groups is 2. The number of primary amides is 1. The molecule has 0 aromatic heterocycles. The third-order valence-electron chi connectivity index (χ3n) is 4.45. The zero-order valence-electron chi connectivity index (χ0n) is 17.0. The minimum atomic E-state index is -0.573. The fourth-order valence-electron chi connectivity index (χ4n) is 2.87. The van der Waals surface area contributed by atoms with E-state index in [1.807, 2.05) is 24.3 Å². The molecule has 7 nitrogen and oxygen atoms in total. The molecule has 1 aliphatic rings. The largest absolute Gasteiger partial charge is 0.493 e. The van der Waals surface area contributed by atoms with Crippen LogP contribution in [0.3, 0.4) is 0 Å².